The zero-order chi connectivity index (χ0) is 15.0. The molecule has 3 rings (SSSR count). The highest BCUT2D eigenvalue weighted by Crippen LogP contribution is 2.17. The minimum atomic E-state index is 0.254. The molecule has 0 atom stereocenters. The predicted octanol–water partition coefficient (Wildman–Crippen LogP) is 2.69. The van der Waals surface area contributed by atoms with E-state index in [1.807, 2.05) is 40.2 Å². The number of hydrazone groups is 1. The van der Waals surface area contributed by atoms with E-state index >= 15 is 0 Å². The van der Waals surface area contributed by atoms with Gasteiger partial charge in [0.05, 0.1) is 11.3 Å². The first-order valence-corrected chi connectivity index (χ1v) is 7.72. The molecule has 1 aliphatic rings. The Balaban J connectivity index is 2.00. The first-order chi connectivity index (χ1) is 10.1. The van der Waals surface area contributed by atoms with Gasteiger partial charge in [0, 0.05) is 16.7 Å². The highest BCUT2D eigenvalue weighted by molar-refractivity contribution is 9.10. The van der Waals surface area contributed by atoms with Crippen LogP contribution in [0.1, 0.15) is 19.4 Å². The minimum absolute atomic E-state index is 0.254. The first-order valence-electron chi connectivity index (χ1n) is 6.52. The number of hydrazine groups is 2. The van der Waals surface area contributed by atoms with E-state index in [4.69, 9.17) is 12.2 Å². The Morgan fingerprint density at radius 2 is 1.95 bits per heavy atom. The SMILES string of the molecule is CC(C)N1NNN=C1c1c[nH]n(-c2ccc(Br)cc2)c1=S. The van der Waals surface area contributed by atoms with Crippen molar-refractivity contribution in [2.24, 2.45) is 5.10 Å². The average Bonchev–Trinajstić information content (AvgIpc) is 3.06. The lowest BCUT2D eigenvalue weighted by Gasteiger charge is -2.22. The number of nitrogens with zero attached hydrogens (tertiary/aromatic N) is 3. The number of aromatic amines is 1. The van der Waals surface area contributed by atoms with Crippen LogP contribution in [0.5, 0.6) is 0 Å². The Bertz CT molecular complexity index is 730. The van der Waals surface area contributed by atoms with E-state index in [2.05, 4.69) is 51.0 Å². The summed E-state index contributed by atoms with van der Waals surface area (Å²) in [6, 6.07) is 8.20. The van der Waals surface area contributed by atoms with Gasteiger partial charge in [0.2, 0.25) is 0 Å². The van der Waals surface area contributed by atoms with Gasteiger partial charge in [-0.3, -0.25) is 10.1 Å². The molecule has 1 aromatic heterocycles. The van der Waals surface area contributed by atoms with Crippen molar-refractivity contribution in [2.75, 3.05) is 0 Å². The van der Waals surface area contributed by atoms with Crippen molar-refractivity contribution in [2.45, 2.75) is 19.9 Å². The van der Waals surface area contributed by atoms with E-state index in [-0.39, 0.29) is 6.04 Å². The molecule has 8 heteroatoms. The second-order valence-corrected chi connectivity index (χ2v) is 6.23. The van der Waals surface area contributed by atoms with Gasteiger partial charge >= 0.3 is 0 Å². The summed E-state index contributed by atoms with van der Waals surface area (Å²) in [4.78, 5) is 0. The fraction of sp³-hybridized carbons (Fsp3) is 0.231. The fourth-order valence-corrected chi connectivity index (χ4v) is 2.69. The van der Waals surface area contributed by atoms with E-state index in [1.54, 1.807) is 0 Å². The molecule has 6 nitrogen and oxygen atoms in total. The van der Waals surface area contributed by atoms with Gasteiger partial charge in [0.15, 0.2) is 5.84 Å². The van der Waals surface area contributed by atoms with Crippen LogP contribution in [0.15, 0.2) is 40.0 Å². The molecule has 0 aliphatic carbocycles. The van der Waals surface area contributed by atoms with Crippen LogP contribution in [0.2, 0.25) is 0 Å². The van der Waals surface area contributed by atoms with Crippen molar-refractivity contribution < 1.29 is 0 Å². The number of aromatic nitrogens is 2. The van der Waals surface area contributed by atoms with Gasteiger partial charge in [0.1, 0.15) is 4.64 Å². The summed E-state index contributed by atoms with van der Waals surface area (Å²) in [5.41, 5.74) is 7.62. The van der Waals surface area contributed by atoms with Gasteiger partial charge in [-0.1, -0.05) is 28.1 Å². The summed E-state index contributed by atoms with van der Waals surface area (Å²) in [5.74, 6) is 0.780. The van der Waals surface area contributed by atoms with Crippen LogP contribution in [0.3, 0.4) is 0 Å². The maximum atomic E-state index is 5.57. The van der Waals surface area contributed by atoms with Gasteiger partial charge in [-0.2, -0.15) is 0 Å². The largest absolute Gasteiger partial charge is 0.299 e. The summed E-state index contributed by atoms with van der Waals surface area (Å²) in [7, 11) is 0. The number of amidine groups is 1. The van der Waals surface area contributed by atoms with Gasteiger partial charge in [-0.05, 0) is 38.1 Å². The van der Waals surface area contributed by atoms with Crippen molar-refractivity contribution >= 4 is 34.0 Å². The topological polar surface area (TPSA) is 60.4 Å². The number of H-pyrrole nitrogens is 1. The molecule has 0 amide bonds. The quantitative estimate of drug-likeness (QED) is 0.730. The molecule has 110 valence electrons. The van der Waals surface area contributed by atoms with Gasteiger partial charge in [0.25, 0.3) is 0 Å². The normalized spacial score (nSPS) is 14.5. The number of rotatable bonds is 3. The van der Waals surface area contributed by atoms with E-state index in [0.29, 0.717) is 4.64 Å². The molecule has 1 aromatic carbocycles. The molecule has 3 N–H and O–H groups in total. The van der Waals surface area contributed by atoms with Gasteiger partial charge < -0.3 is 0 Å². The highest BCUT2D eigenvalue weighted by atomic mass is 79.9. The Morgan fingerprint density at radius 3 is 2.62 bits per heavy atom. The monoisotopic (exact) mass is 366 g/mol. The highest BCUT2D eigenvalue weighted by Gasteiger charge is 2.24. The summed E-state index contributed by atoms with van der Waals surface area (Å²) < 4.78 is 3.58. The standard InChI is InChI=1S/C13H15BrN6S/c1-8(2)19-12(16-17-18-19)11-7-15-20(13(11)21)10-5-3-9(14)4-6-10/h3-8,15,17-18H,1-2H3. The van der Waals surface area contributed by atoms with E-state index < -0.39 is 0 Å². The maximum Gasteiger partial charge on any atom is 0.177 e. The van der Waals surface area contributed by atoms with Crippen LogP contribution in [-0.4, -0.2) is 26.7 Å². The van der Waals surface area contributed by atoms with Crippen LogP contribution < -0.4 is 11.1 Å². The van der Waals surface area contributed by atoms with Crippen LogP contribution in [0.25, 0.3) is 5.69 Å². The first kappa shape index (κ1) is 14.3. The van der Waals surface area contributed by atoms with Crippen molar-refractivity contribution in [3.8, 4) is 5.69 Å². The molecule has 0 unspecified atom stereocenters. The molecule has 2 aromatic rings. The molecule has 1 aliphatic heterocycles. The van der Waals surface area contributed by atoms with Crippen LogP contribution in [0.4, 0.5) is 0 Å². The molecular weight excluding hydrogens is 352 g/mol. The zero-order valence-corrected chi connectivity index (χ0v) is 14.0. The number of halogens is 1. The molecule has 0 spiro atoms. The molecule has 0 radical (unpaired) electrons. The van der Waals surface area contributed by atoms with E-state index in [9.17, 15) is 0 Å². The number of hydrogen-bond acceptors (Lipinski definition) is 5. The van der Waals surface area contributed by atoms with Crippen LogP contribution in [0, 0.1) is 4.64 Å². The third kappa shape index (κ3) is 2.61. The molecule has 0 fully saturated rings. The number of benzene rings is 1. The lowest BCUT2D eigenvalue weighted by atomic mass is 10.2. The maximum absolute atomic E-state index is 5.57. The van der Waals surface area contributed by atoms with Crippen molar-refractivity contribution in [3.63, 3.8) is 0 Å². The van der Waals surface area contributed by atoms with Crippen LogP contribution >= 0.6 is 28.1 Å². The second kappa shape index (κ2) is 5.63. The average molecular weight is 367 g/mol. The number of nitrogens with one attached hydrogen (secondary N) is 3. The van der Waals surface area contributed by atoms with E-state index in [1.165, 1.54) is 0 Å². The van der Waals surface area contributed by atoms with Crippen molar-refractivity contribution in [3.05, 3.63) is 45.1 Å². The van der Waals surface area contributed by atoms with Crippen molar-refractivity contribution in [1.29, 1.82) is 0 Å². The summed E-state index contributed by atoms with van der Waals surface area (Å²) >= 11 is 9.00. The van der Waals surface area contributed by atoms with Gasteiger partial charge in [-0.15, -0.1) is 10.6 Å². The smallest absolute Gasteiger partial charge is 0.177 e. The molecule has 0 saturated heterocycles. The summed E-state index contributed by atoms with van der Waals surface area (Å²) in [6.07, 6.45) is 1.87. The van der Waals surface area contributed by atoms with Gasteiger partial charge in [-0.25, -0.2) is 10.2 Å². The lowest BCUT2D eigenvalue weighted by molar-refractivity contribution is 0.246. The predicted molar refractivity (Wildman–Crippen MR) is 88.4 cm³/mol. The Kier molecular flexibility index (Phi) is 3.83. The molecular formula is C13H15BrN6S. The zero-order valence-electron chi connectivity index (χ0n) is 11.6. The van der Waals surface area contributed by atoms with E-state index in [0.717, 1.165) is 21.6 Å². The second-order valence-electron chi connectivity index (χ2n) is 4.93. The summed E-state index contributed by atoms with van der Waals surface area (Å²) in [5, 5.41) is 9.38. The van der Waals surface area contributed by atoms with Crippen LogP contribution in [-0.2, 0) is 0 Å². The van der Waals surface area contributed by atoms with Crippen molar-refractivity contribution in [1.82, 2.24) is 25.9 Å². The molecule has 0 bridgehead atoms. The lowest BCUT2D eigenvalue weighted by Crippen LogP contribution is -2.45. The summed E-state index contributed by atoms with van der Waals surface area (Å²) in [6.45, 7) is 4.15. The Morgan fingerprint density at radius 1 is 1.24 bits per heavy atom. The minimum Gasteiger partial charge on any atom is -0.299 e. The molecule has 21 heavy (non-hydrogen) atoms. The third-order valence-corrected chi connectivity index (χ3v) is 4.11. The molecule has 2 heterocycles. The third-order valence-electron chi connectivity index (χ3n) is 3.17. The fourth-order valence-electron chi connectivity index (χ4n) is 2.11. The number of hydrogen-bond donors (Lipinski definition) is 3. The Hall–Kier alpha value is -1.64. The molecule has 0 saturated carbocycles. The Labute approximate surface area is 135 Å².